The number of aliphatic imine (C=N–C) groups is 2. The summed E-state index contributed by atoms with van der Waals surface area (Å²) in [5, 5.41) is 5.31. The maximum Gasteiger partial charge on any atom is 0.249 e. The summed E-state index contributed by atoms with van der Waals surface area (Å²) in [6.07, 6.45) is 4.87. The van der Waals surface area contributed by atoms with Crippen LogP contribution in [0.15, 0.2) is 46.4 Å². The van der Waals surface area contributed by atoms with Crippen LogP contribution in [0.3, 0.4) is 0 Å². The fraction of sp³-hybridized carbons (Fsp3) is 0.308. The lowest BCUT2D eigenvalue weighted by molar-refractivity contribution is -0.138. The SMILES string of the molecule is Br.O=C1CCC(N2C=Nc3cc(F)ccc3C2)C(=O)N1.O=C1CCC(N2C=Nc3cccc(Cl)c3C2)C(=O)N1. The molecule has 2 aromatic rings. The van der Waals surface area contributed by atoms with Gasteiger partial charge in [-0.3, -0.25) is 29.8 Å². The second-order valence-corrected chi connectivity index (χ2v) is 9.69. The average molecular weight is 620 g/mol. The first-order valence-electron chi connectivity index (χ1n) is 12.1. The Morgan fingerprint density at radius 3 is 2.03 bits per heavy atom. The van der Waals surface area contributed by atoms with Crippen molar-refractivity contribution in [3.05, 3.63) is 58.4 Å². The van der Waals surface area contributed by atoms with Crippen LogP contribution in [0, 0.1) is 5.82 Å². The van der Waals surface area contributed by atoms with Crippen LogP contribution in [0.5, 0.6) is 0 Å². The summed E-state index contributed by atoms with van der Waals surface area (Å²) in [6.45, 7) is 1.02. The molecule has 2 unspecified atom stereocenters. The highest BCUT2D eigenvalue weighted by atomic mass is 79.9. The summed E-state index contributed by atoms with van der Waals surface area (Å²) in [7, 11) is 0. The van der Waals surface area contributed by atoms with Crippen molar-refractivity contribution >= 4 is 76.3 Å². The van der Waals surface area contributed by atoms with Crippen molar-refractivity contribution in [1.82, 2.24) is 20.4 Å². The predicted octanol–water partition coefficient (Wildman–Crippen LogP) is 3.30. The van der Waals surface area contributed by atoms with Crippen molar-refractivity contribution < 1.29 is 23.6 Å². The third kappa shape index (κ3) is 6.34. The molecule has 0 radical (unpaired) electrons. The van der Waals surface area contributed by atoms with Crippen molar-refractivity contribution in [2.45, 2.75) is 50.9 Å². The van der Waals surface area contributed by atoms with Crippen LogP contribution in [0.2, 0.25) is 5.02 Å². The molecule has 0 saturated carbocycles. The molecular formula is C26H25BrClFN6O4. The van der Waals surface area contributed by atoms with E-state index in [1.54, 1.807) is 23.6 Å². The molecule has 2 atom stereocenters. The molecular weight excluding hydrogens is 595 g/mol. The number of nitrogens with one attached hydrogen (secondary N) is 2. The van der Waals surface area contributed by atoms with E-state index in [2.05, 4.69) is 20.6 Å². The molecule has 0 bridgehead atoms. The lowest BCUT2D eigenvalue weighted by Crippen LogP contribution is -2.52. The number of amides is 4. The van der Waals surface area contributed by atoms with Gasteiger partial charge in [-0.25, -0.2) is 14.4 Å². The fourth-order valence-electron chi connectivity index (χ4n) is 4.73. The second-order valence-electron chi connectivity index (χ2n) is 9.28. The number of rotatable bonds is 2. The minimum Gasteiger partial charge on any atom is -0.346 e. The molecule has 6 rings (SSSR count). The number of carbonyl (C=O) groups is 4. The first-order valence-corrected chi connectivity index (χ1v) is 12.5. The van der Waals surface area contributed by atoms with Crippen LogP contribution in [0.1, 0.15) is 36.8 Å². The number of carbonyl (C=O) groups excluding carboxylic acids is 4. The van der Waals surface area contributed by atoms with Gasteiger partial charge in [-0.05, 0) is 42.7 Å². The van der Waals surface area contributed by atoms with Crippen LogP contribution in [0.25, 0.3) is 0 Å². The van der Waals surface area contributed by atoms with Crippen molar-refractivity contribution in [3.8, 4) is 0 Å². The number of hydrogen-bond acceptors (Lipinski definition) is 8. The first kappa shape index (κ1) is 28.4. The average Bonchev–Trinajstić information content (AvgIpc) is 2.89. The first-order chi connectivity index (χ1) is 18.3. The number of piperidine rings is 2. The summed E-state index contributed by atoms with van der Waals surface area (Å²) in [4.78, 5) is 58.0. The Morgan fingerprint density at radius 2 is 1.41 bits per heavy atom. The molecule has 2 fully saturated rings. The predicted molar refractivity (Wildman–Crippen MR) is 148 cm³/mol. The highest BCUT2D eigenvalue weighted by molar-refractivity contribution is 8.93. The monoisotopic (exact) mass is 618 g/mol. The number of halogens is 3. The summed E-state index contributed by atoms with van der Waals surface area (Å²) in [5.74, 6) is -1.34. The molecule has 204 valence electrons. The smallest absolute Gasteiger partial charge is 0.249 e. The minimum absolute atomic E-state index is 0. The van der Waals surface area contributed by atoms with Gasteiger partial charge in [0.1, 0.15) is 17.9 Å². The van der Waals surface area contributed by atoms with Gasteiger partial charge in [0.05, 0.1) is 24.1 Å². The maximum atomic E-state index is 13.1. The number of benzene rings is 2. The van der Waals surface area contributed by atoms with E-state index in [9.17, 15) is 23.6 Å². The van der Waals surface area contributed by atoms with Gasteiger partial charge < -0.3 is 9.80 Å². The zero-order valence-electron chi connectivity index (χ0n) is 20.6. The largest absolute Gasteiger partial charge is 0.346 e. The zero-order chi connectivity index (χ0) is 26.8. The van der Waals surface area contributed by atoms with E-state index in [0.29, 0.717) is 49.5 Å². The topological polar surface area (TPSA) is 124 Å². The maximum absolute atomic E-state index is 13.1. The van der Waals surface area contributed by atoms with E-state index in [-0.39, 0.29) is 58.5 Å². The van der Waals surface area contributed by atoms with Crippen LogP contribution in [-0.2, 0) is 32.3 Å². The molecule has 4 aliphatic rings. The quantitative estimate of drug-likeness (QED) is 0.498. The molecule has 0 spiro atoms. The van der Waals surface area contributed by atoms with Crippen molar-refractivity contribution in [2.24, 2.45) is 9.98 Å². The highest BCUT2D eigenvalue weighted by Crippen LogP contribution is 2.32. The molecule has 10 nitrogen and oxygen atoms in total. The molecule has 2 N–H and O–H groups in total. The summed E-state index contributed by atoms with van der Waals surface area (Å²) < 4.78 is 13.1. The summed E-state index contributed by atoms with van der Waals surface area (Å²) in [6, 6.07) is 9.21. The van der Waals surface area contributed by atoms with Crippen molar-refractivity contribution in [2.75, 3.05) is 0 Å². The fourth-order valence-corrected chi connectivity index (χ4v) is 4.96. The molecule has 2 saturated heterocycles. The summed E-state index contributed by atoms with van der Waals surface area (Å²) in [5.41, 5.74) is 3.20. The lowest BCUT2D eigenvalue weighted by Gasteiger charge is -2.33. The van der Waals surface area contributed by atoms with Crippen LogP contribution >= 0.6 is 28.6 Å². The third-order valence-corrected chi connectivity index (χ3v) is 7.10. The van der Waals surface area contributed by atoms with Crippen LogP contribution < -0.4 is 10.6 Å². The molecule has 0 aromatic heterocycles. The van der Waals surface area contributed by atoms with Crippen LogP contribution in [0.4, 0.5) is 15.8 Å². The van der Waals surface area contributed by atoms with Crippen molar-refractivity contribution in [1.29, 1.82) is 0 Å². The zero-order valence-corrected chi connectivity index (χ0v) is 23.1. The van der Waals surface area contributed by atoms with E-state index < -0.39 is 0 Å². The van der Waals surface area contributed by atoms with Gasteiger partial charge in [0.15, 0.2) is 0 Å². The molecule has 0 aliphatic carbocycles. The van der Waals surface area contributed by atoms with Crippen molar-refractivity contribution in [3.63, 3.8) is 0 Å². The molecule has 4 aliphatic heterocycles. The molecule has 2 aromatic carbocycles. The van der Waals surface area contributed by atoms with E-state index in [0.717, 1.165) is 16.8 Å². The Hall–Kier alpha value is -3.64. The second kappa shape index (κ2) is 12.0. The molecule has 13 heteroatoms. The number of hydrogen-bond donors (Lipinski definition) is 2. The lowest BCUT2D eigenvalue weighted by atomic mass is 10.0. The Kier molecular flexibility index (Phi) is 8.76. The van der Waals surface area contributed by atoms with Gasteiger partial charge >= 0.3 is 0 Å². The third-order valence-electron chi connectivity index (χ3n) is 6.75. The van der Waals surface area contributed by atoms with Gasteiger partial charge in [0.2, 0.25) is 23.6 Å². The number of imide groups is 2. The minimum atomic E-state index is -0.389. The normalized spacial score (nSPS) is 21.6. The van der Waals surface area contributed by atoms with E-state index in [1.165, 1.54) is 12.1 Å². The Labute approximate surface area is 239 Å². The molecule has 4 amide bonds. The Bertz CT molecular complexity index is 1380. The number of nitrogens with zero attached hydrogens (tertiary/aromatic N) is 4. The number of fused-ring (bicyclic) bond motifs is 2. The standard InChI is InChI=1S/C13H12ClN3O2.C13H12FN3O2.BrH/c14-9-2-1-3-10-8(9)6-17(7-15-10)11-4-5-12(18)16-13(11)19;14-9-2-1-8-6-17(7-15-10(8)5-9)11-3-4-12(18)16-13(11)19;/h1-3,7,11H,4-6H2,(H,16,18,19);1-2,5,7,11H,3-4,6H2,(H,16,18,19);1H. The van der Waals surface area contributed by atoms with E-state index in [4.69, 9.17) is 11.6 Å². The van der Waals surface area contributed by atoms with Gasteiger partial charge in [-0.2, -0.15) is 0 Å². The van der Waals surface area contributed by atoms with Crippen LogP contribution in [-0.4, -0.2) is 58.2 Å². The highest BCUT2D eigenvalue weighted by Gasteiger charge is 2.33. The van der Waals surface area contributed by atoms with E-state index in [1.807, 2.05) is 23.1 Å². The van der Waals surface area contributed by atoms with Gasteiger partial charge in [-0.15, -0.1) is 17.0 Å². The Balaban J connectivity index is 0.000000176. The van der Waals surface area contributed by atoms with Gasteiger partial charge in [0.25, 0.3) is 0 Å². The van der Waals surface area contributed by atoms with Gasteiger partial charge in [0, 0.05) is 36.5 Å². The van der Waals surface area contributed by atoms with Gasteiger partial charge in [-0.1, -0.05) is 23.7 Å². The molecule has 39 heavy (non-hydrogen) atoms. The van der Waals surface area contributed by atoms with E-state index >= 15 is 0 Å². The Morgan fingerprint density at radius 1 is 0.821 bits per heavy atom. The molecule has 4 heterocycles. The summed E-state index contributed by atoms with van der Waals surface area (Å²) >= 11 is 6.15.